The van der Waals surface area contributed by atoms with Gasteiger partial charge in [-0.05, 0) is 24.1 Å². The molecule has 0 heterocycles. The fourth-order valence-corrected chi connectivity index (χ4v) is 1.53. The van der Waals surface area contributed by atoms with E-state index >= 15 is 0 Å². The lowest BCUT2D eigenvalue weighted by Gasteiger charge is -2.20. The van der Waals surface area contributed by atoms with Crippen LogP contribution in [0.1, 0.15) is 24.2 Å². The van der Waals surface area contributed by atoms with Gasteiger partial charge in [0.15, 0.2) is 0 Å². The summed E-state index contributed by atoms with van der Waals surface area (Å²) < 4.78 is 0. The monoisotopic (exact) mass is 257 g/mol. The zero-order valence-electron chi connectivity index (χ0n) is 9.77. The highest BCUT2D eigenvalue weighted by molar-refractivity contribution is 6.31. The molecular formula is C12H16ClNO3. The van der Waals surface area contributed by atoms with Crippen LogP contribution in [-0.4, -0.2) is 28.8 Å². The maximum atomic E-state index is 11.9. The Kier molecular flexibility index (Phi) is 4.78. The number of carbonyl (C=O) groups excluding carboxylic acids is 1. The molecule has 4 nitrogen and oxygen atoms in total. The van der Waals surface area contributed by atoms with E-state index in [0.717, 1.165) is 0 Å². The van der Waals surface area contributed by atoms with Crippen LogP contribution >= 0.6 is 11.6 Å². The van der Waals surface area contributed by atoms with Crippen LogP contribution in [0.5, 0.6) is 5.75 Å². The molecule has 0 aromatic heterocycles. The fraction of sp³-hybridized carbons (Fsp3) is 0.417. The third-order valence-electron chi connectivity index (χ3n) is 2.52. The smallest absolute Gasteiger partial charge is 0.255 e. The minimum atomic E-state index is -0.447. The van der Waals surface area contributed by atoms with Crippen molar-refractivity contribution < 1.29 is 15.0 Å². The molecule has 0 aliphatic rings. The Labute approximate surface area is 105 Å². The molecule has 0 saturated carbocycles. The molecule has 94 valence electrons. The molecule has 1 aromatic rings. The lowest BCUT2D eigenvalue weighted by Crippen LogP contribution is -2.41. The quantitative estimate of drug-likeness (QED) is 0.770. The Morgan fingerprint density at radius 2 is 2.12 bits per heavy atom. The molecule has 0 aliphatic heterocycles. The maximum Gasteiger partial charge on any atom is 0.255 e. The number of hydrogen-bond donors (Lipinski definition) is 3. The number of phenols is 1. The van der Waals surface area contributed by atoms with Gasteiger partial charge in [0.1, 0.15) is 5.75 Å². The van der Waals surface area contributed by atoms with E-state index in [0.29, 0.717) is 5.02 Å². The van der Waals surface area contributed by atoms with Crippen LogP contribution in [-0.2, 0) is 0 Å². The maximum absolute atomic E-state index is 11.9. The van der Waals surface area contributed by atoms with Crippen LogP contribution in [0.25, 0.3) is 0 Å². The van der Waals surface area contributed by atoms with Gasteiger partial charge in [-0.3, -0.25) is 4.79 Å². The number of rotatable bonds is 4. The number of nitrogens with one attached hydrogen (secondary N) is 1. The normalized spacial score (nSPS) is 12.5. The Morgan fingerprint density at radius 1 is 1.47 bits per heavy atom. The van der Waals surface area contributed by atoms with Crippen molar-refractivity contribution in [3.8, 4) is 5.75 Å². The summed E-state index contributed by atoms with van der Waals surface area (Å²) >= 11 is 5.75. The first-order chi connectivity index (χ1) is 7.95. The summed E-state index contributed by atoms with van der Waals surface area (Å²) in [5.41, 5.74) is 0.108. The second kappa shape index (κ2) is 5.89. The van der Waals surface area contributed by atoms with Crippen LogP contribution in [0.2, 0.25) is 5.02 Å². The lowest BCUT2D eigenvalue weighted by atomic mass is 10.0. The molecule has 1 amide bonds. The zero-order valence-corrected chi connectivity index (χ0v) is 10.5. The highest BCUT2D eigenvalue weighted by Gasteiger charge is 2.18. The van der Waals surface area contributed by atoms with Gasteiger partial charge in [-0.2, -0.15) is 0 Å². The van der Waals surface area contributed by atoms with Crippen LogP contribution in [0.15, 0.2) is 18.2 Å². The number of benzene rings is 1. The predicted octanol–water partition coefficient (Wildman–Crippen LogP) is 1.79. The van der Waals surface area contributed by atoms with Gasteiger partial charge >= 0.3 is 0 Å². The summed E-state index contributed by atoms with van der Waals surface area (Å²) in [4.78, 5) is 11.9. The summed E-state index contributed by atoms with van der Waals surface area (Å²) in [6.45, 7) is 3.63. The second-order valence-electron chi connectivity index (χ2n) is 4.17. The third kappa shape index (κ3) is 3.61. The van der Waals surface area contributed by atoms with E-state index in [1.807, 2.05) is 13.8 Å². The number of aliphatic hydroxyl groups is 1. The van der Waals surface area contributed by atoms with Gasteiger partial charge < -0.3 is 15.5 Å². The SMILES string of the molecule is CC(C)[C@@H](CO)NC(=O)c1cc(Cl)ccc1O. The Hall–Kier alpha value is -1.26. The molecule has 0 spiro atoms. The summed E-state index contributed by atoms with van der Waals surface area (Å²) in [6, 6.07) is 3.90. The van der Waals surface area contributed by atoms with Crippen LogP contribution < -0.4 is 5.32 Å². The molecule has 5 heteroatoms. The van der Waals surface area contributed by atoms with Crippen molar-refractivity contribution in [3.05, 3.63) is 28.8 Å². The highest BCUT2D eigenvalue weighted by atomic mass is 35.5. The number of hydrogen-bond acceptors (Lipinski definition) is 3. The van der Waals surface area contributed by atoms with Gasteiger partial charge in [0, 0.05) is 5.02 Å². The summed E-state index contributed by atoms with van der Waals surface area (Å²) in [7, 11) is 0. The molecule has 17 heavy (non-hydrogen) atoms. The molecule has 1 rings (SSSR count). The first kappa shape index (κ1) is 13.8. The average molecular weight is 258 g/mol. The van der Waals surface area contributed by atoms with E-state index in [1.165, 1.54) is 18.2 Å². The summed E-state index contributed by atoms with van der Waals surface area (Å²) in [6.07, 6.45) is 0. The molecule has 0 radical (unpaired) electrons. The molecule has 0 unspecified atom stereocenters. The van der Waals surface area contributed by atoms with Gasteiger partial charge in [-0.15, -0.1) is 0 Å². The molecule has 0 bridgehead atoms. The number of carbonyl (C=O) groups is 1. The van der Waals surface area contributed by atoms with Crippen molar-refractivity contribution in [1.29, 1.82) is 0 Å². The topological polar surface area (TPSA) is 69.6 Å². The molecule has 1 aromatic carbocycles. The molecular weight excluding hydrogens is 242 g/mol. The first-order valence-corrected chi connectivity index (χ1v) is 5.73. The van der Waals surface area contributed by atoms with E-state index in [4.69, 9.17) is 16.7 Å². The fourth-order valence-electron chi connectivity index (χ4n) is 1.36. The molecule has 0 aliphatic carbocycles. The molecule has 0 fully saturated rings. The minimum Gasteiger partial charge on any atom is -0.507 e. The van der Waals surface area contributed by atoms with E-state index in [2.05, 4.69) is 5.32 Å². The lowest BCUT2D eigenvalue weighted by molar-refractivity contribution is 0.0894. The minimum absolute atomic E-state index is 0.102. The van der Waals surface area contributed by atoms with Crippen LogP contribution in [0.4, 0.5) is 0 Å². The summed E-state index contributed by atoms with van der Waals surface area (Å²) in [5.74, 6) is -0.477. The van der Waals surface area contributed by atoms with Crippen molar-refractivity contribution in [3.63, 3.8) is 0 Å². The van der Waals surface area contributed by atoms with E-state index < -0.39 is 5.91 Å². The van der Waals surface area contributed by atoms with Gasteiger partial charge in [-0.25, -0.2) is 0 Å². The Morgan fingerprint density at radius 3 is 2.65 bits per heavy atom. The van der Waals surface area contributed by atoms with Crippen molar-refractivity contribution in [2.24, 2.45) is 5.92 Å². The Bertz CT molecular complexity index is 407. The van der Waals surface area contributed by atoms with Gasteiger partial charge in [0.25, 0.3) is 5.91 Å². The van der Waals surface area contributed by atoms with Crippen LogP contribution in [0.3, 0.4) is 0 Å². The van der Waals surface area contributed by atoms with Crippen molar-refractivity contribution in [2.45, 2.75) is 19.9 Å². The molecule has 0 saturated heterocycles. The van der Waals surface area contributed by atoms with E-state index in [-0.39, 0.29) is 29.9 Å². The average Bonchev–Trinajstić information content (AvgIpc) is 2.28. The zero-order chi connectivity index (χ0) is 13.0. The first-order valence-electron chi connectivity index (χ1n) is 5.36. The summed E-state index contributed by atoms with van der Waals surface area (Å²) in [5, 5.41) is 21.7. The van der Waals surface area contributed by atoms with E-state index in [1.54, 1.807) is 0 Å². The van der Waals surface area contributed by atoms with E-state index in [9.17, 15) is 9.90 Å². The third-order valence-corrected chi connectivity index (χ3v) is 2.76. The number of amides is 1. The number of phenolic OH excluding ortho intramolecular Hbond substituents is 1. The Balaban J connectivity index is 2.86. The predicted molar refractivity (Wildman–Crippen MR) is 66.3 cm³/mol. The van der Waals surface area contributed by atoms with Gasteiger partial charge in [0.2, 0.25) is 0 Å². The van der Waals surface area contributed by atoms with Gasteiger partial charge in [0.05, 0.1) is 18.2 Å². The molecule has 1 atom stereocenters. The number of aliphatic hydroxyl groups excluding tert-OH is 1. The molecule has 3 N–H and O–H groups in total. The highest BCUT2D eigenvalue weighted by Crippen LogP contribution is 2.21. The van der Waals surface area contributed by atoms with Crippen molar-refractivity contribution in [1.82, 2.24) is 5.32 Å². The van der Waals surface area contributed by atoms with Gasteiger partial charge in [-0.1, -0.05) is 25.4 Å². The van der Waals surface area contributed by atoms with Crippen molar-refractivity contribution in [2.75, 3.05) is 6.61 Å². The number of aromatic hydroxyl groups is 1. The standard InChI is InChI=1S/C12H16ClNO3/c1-7(2)10(6-15)14-12(17)9-5-8(13)3-4-11(9)16/h3-5,7,10,15-16H,6H2,1-2H3,(H,14,17)/t10-/m1/s1. The van der Waals surface area contributed by atoms with Crippen LogP contribution in [0, 0.1) is 5.92 Å². The second-order valence-corrected chi connectivity index (χ2v) is 4.60. The number of halogens is 1. The largest absolute Gasteiger partial charge is 0.507 e. The van der Waals surface area contributed by atoms with Crippen molar-refractivity contribution >= 4 is 17.5 Å².